The summed E-state index contributed by atoms with van der Waals surface area (Å²) in [5, 5.41) is 2.33. The van der Waals surface area contributed by atoms with Gasteiger partial charge in [-0.2, -0.15) is 0 Å². The molecule has 0 radical (unpaired) electrons. The number of thiophene rings is 1. The lowest BCUT2D eigenvalue weighted by molar-refractivity contribution is 0.411. The van der Waals surface area contributed by atoms with E-state index in [0.717, 1.165) is 27.2 Å². The number of hydrogen-bond donors (Lipinski definition) is 0. The summed E-state index contributed by atoms with van der Waals surface area (Å²) in [4.78, 5) is 10.2. The van der Waals surface area contributed by atoms with E-state index in [-0.39, 0.29) is 0 Å². The van der Waals surface area contributed by atoms with E-state index in [9.17, 15) is 0 Å². The van der Waals surface area contributed by atoms with Crippen molar-refractivity contribution < 1.29 is 2.74 Å². The van der Waals surface area contributed by atoms with Crippen molar-refractivity contribution in [3.63, 3.8) is 0 Å². The highest BCUT2D eigenvalue weighted by atomic mass is 32.1. The third-order valence-corrected chi connectivity index (χ3v) is 5.13. The van der Waals surface area contributed by atoms with Crippen LogP contribution in [0.15, 0.2) is 48.7 Å². The fourth-order valence-electron chi connectivity index (χ4n) is 3.01. The van der Waals surface area contributed by atoms with Crippen LogP contribution in [0.4, 0.5) is 0 Å². The van der Waals surface area contributed by atoms with Crippen molar-refractivity contribution in [2.45, 2.75) is 34.1 Å². The third-order valence-electron chi connectivity index (χ3n) is 4.05. The first-order chi connectivity index (χ1) is 12.7. The summed E-state index contributed by atoms with van der Waals surface area (Å²) in [7, 11) is 0. The maximum absolute atomic E-state index is 8.54. The van der Waals surface area contributed by atoms with Gasteiger partial charge in [0.1, 0.15) is 4.83 Å². The molecule has 0 N–H and O–H groups in total. The summed E-state index contributed by atoms with van der Waals surface area (Å²) < 4.78 is 18.3. The van der Waals surface area contributed by atoms with Gasteiger partial charge in [0, 0.05) is 35.7 Å². The van der Waals surface area contributed by atoms with Gasteiger partial charge in [-0.05, 0) is 60.7 Å². The average Bonchev–Trinajstić information content (AvgIpc) is 2.97. The lowest BCUT2D eigenvalue weighted by Crippen LogP contribution is -2.09. The molecular weight excluding hydrogens is 324 g/mol. The van der Waals surface area contributed by atoms with Crippen molar-refractivity contribution in [1.29, 1.82) is 0 Å². The Balaban J connectivity index is 1.85. The molecule has 3 heterocycles. The normalized spacial score (nSPS) is 13.9. The Kier molecular flexibility index (Phi) is 3.31. The summed E-state index contributed by atoms with van der Waals surface area (Å²) in [5.41, 5.74) is 2.97. The second-order valence-corrected chi connectivity index (χ2v) is 8.45. The first-order valence-corrected chi connectivity index (χ1v) is 9.25. The number of fused-ring (bicyclic) bond motifs is 3. The molecule has 1 aromatic carbocycles. The van der Waals surface area contributed by atoms with Gasteiger partial charge >= 0.3 is 0 Å². The number of hydrogen-bond acceptors (Lipinski definition) is 3. The van der Waals surface area contributed by atoms with E-state index in [2.05, 4.69) is 34.2 Å². The van der Waals surface area contributed by atoms with Gasteiger partial charge in [0.15, 0.2) is 0 Å². The number of aryl methyl sites for hydroxylation is 1. The van der Waals surface area contributed by atoms with Crippen LogP contribution in [0.2, 0.25) is 0 Å². The molecule has 2 nitrogen and oxygen atoms in total. The van der Waals surface area contributed by atoms with Gasteiger partial charge < -0.3 is 0 Å². The Bertz CT molecular complexity index is 1160. The minimum absolute atomic E-state index is 0.497. The summed E-state index contributed by atoms with van der Waals surface area (Å²) in [6, 6.07) is 14.1. The van der Waals surface area contributed by atoms with Crippen LogP contribution in [-0.2, 0) is 6.37 Å². The third kappa shape index (κ3) is 3.29. The summed E-state index contributed by atoms with van der Waals surface area (Å²) in [6.45, 7) is 7.77. The van der Waals surface area contributed by atoms with E-state index in [1.165, 1.54) is 10.1 Å². The van der Waals surface area contributed by atoms with E-state index in [1.54, 1.807) is 23.6 Å². The highest BCUT2D eigenvalue weighted by Crippen LogP contribution is 2.35. The van der Waals surface area contributed by atoms with Crippen LogP contribution < -0.4 is 0 Å². The largest absolute Gasteiger partial charge is 0.256 e. The molecule has 4 aromatic rings. The number of nitrogens with zero attached hydrogens (tertiary/aromatic N) is 2. The molecule has 0 atom stereocenters. The Hall–Kier alpha value is -2.26. The molecule has 0 aliphatic heterocycles. The Morgan fingerprint density at radius 1 is 1.04 bits per heavy atom. The number of rotatable bonds is 2. The molecular formula is C22H22N2S. The van der Waals surface area contributed by atoms with Gasteiger partial charge in [-0.15, -0.1) is 11.3 Å². The van der Waals surface area contributed by atoms with Crippen molar-refractivity contribution in [2.75, 3.05) is 0 Å². The standard InChI is InChI=1S/C22H22N2S/c1-14-5-7-17-18-12-16(6-8-20(18)25-21(17)24-14)19-11-15(9-10-23-19)13-22(2,3)4/h5-12H,13H2,1-4H3/i13D2. The van der Waals surface area contributed by atoms with Crippen molar-refractivity contribution in [3.05, 3.63) is 59.9 Å². The first-order valence-electron chi connectivity index (χ1n) is 9.44. The molecule has 0 aliphatic rings. The highest BCUT2D eigenvalue weighted by molar-refractivity contribution is 7.25. The second-order valence-electron chi connectivity index (χ2n) is 7.42. The topological polar surface area (TPSA) is 25.8 Å². The SMILES string of the molecule is [2H]C([2H])(c1ccnc(-c2ccc3sc4nc(C)ccc4c3c2)c1)C(C)(C)C. The maximum atomic E-state index is 8.54. The van der Waals surface area contributed by atoms with Crippen LogP contribution in [0.5, 0.6) is 0 Å². The van der Waals surface area contributed by atoms with Crippen LogP contribution >= 0.6 is 11.3 Å². The molecule has 0 spiro atoms. The molecule has 0 saturated heterocycles. The lowest BCUT2D eigenvalue weighted by atomic mass is 9.88. The van der Waals surface area contributed by atoms with Gasteiger partial charge in [-0.1, -0.05) is 26.8 Å². The van der Waals surface area contributed by atoms with Crippen LogP contribution in [0.3, 0.4) is 0 Å². The monoisotopic (exact) mass is 348 g/mol. The summed E-state index contributed by atoms with van der Waals surface area (Å²) in [6.07, 6.45) is 0.264. The Morgan fingerprint density at radius 3 is 2.68 bits per heavy atom. The van der Waals surface area contributed by atoms with Gasteiger partial charge in [0.2, 0.25) is 0 Å². The van der Waals surface area contributed by atoms with E-state index in [0.29, 0.717) is 5.56 Å². The first kappa shape index (κ1) is 14.0. The zero-order chi connectivity index (χ0) is 19.4. The molecule has 0 unspecified atom stereocenters. The van der Waals surface area contributed by atoms with Crippen molar-refractivity contribution in [2.24, 2.45) is 5.41 Å². The molecule has 126 valence electrons. The van der Waals surface area contributed by atoms with E-state index < -0.39 is 11.8 Å². The predicted octanol–water partition coefficient (Wildman–Crippen LogP) is 6.41. The van der Waals surface area contributed by atoms with Crippen molar-refractivity contribution >= 4 is 31.6 Å². The molecule has 3 aromatic heterocycles. The zero-order valence-corrected chi connectivity index (χ0v) is 15.7. The Morgan fingerprint density at radius 2 is 1.88 bits per heavy atom. The zero-order valence-electron chi connectivity index (χ0n) is 16.9. The van der Waals surface area contributed by atoms with E-state index in [1.807, 2.05) is 39.8 Å². The maximum Gasteiger partial charge on any atom is 0.124 e. The molecule has 0 fully saturated rings. The molecule has 0 amide bonds. The molecule has 0 aliphatic carbocycles. The Labute approximate surface area is 155 Å². The van der Waals surface area contributed by atoms with Gasteiger partial charge in [0.05, 0.1) is 5.69 Å². The fraction of sp³-hybridized carbons (Fsp3) is 0.273. The minimum Gasteiger partial charge on any atom is -0.256 e. The van der Waals surface area contributed by atoms with Crippen molar-refractivity contribution in [1.82, 2.24) is 9.97 Å². The van der Waals surface area contributed by atoms with Gasteiger partial charge in [0.25, 0.3) is 0 Å². The van der Waals surface area contributed by atoms with E-state index in [4.69, 9.17) is 2.74 Å². The lowest BCUT2D eigenvalue weighted by Gasteiger charge is -2.18. The van der Waals surface area contributed by atoms with Crippen LogP contribution in [-0.4, -0.2) is 9.97 Å². The van der Waals surface area contributed by atoms with Crippen LogP contribution in [0.25, 0.3) is 31.6 Å². The number of aromatic nitrogens is 2. The molecule has 25 heavy (non-hydrogen) atoms. The van der Waals surface area contributed by atoms with E-state index >= 15 is 0 Å². The van der Waals surface area contributed by atoms with Crippen molar-refractivity contribution in [3.8, 4) is 11.3 Å². The average molecular weight is 349 g/mol. The highest BCUT2D eigenvalue weighted by Gasteiger charge is 2.13. The minimum atomic E-state index is -1.44. The van der Waals surface area contributed by atoms with Crippen LogP contribution in [0.1, 0.15) is 34.8 Å². The smallest absolute Gasteiger partial charge is 0.124 e. The fourth-order valence-corrected chi connectivity index (χ4v) is 4.11. The second kappa shape index (κ2) is 5.92. The summed E-state index contributed by atoms with van der Waals surface area (Å²) in [5.74, 6) is 0. The molecule has 0 bridgehead atoms. The molecule has 3 heteroatoms. The molecule has 0 saturated carbocycles. The van der Waals surface area contributed by atoms with Gasteiger partial charge in [-0.3, -0.25) is 4.98 Å². The van der Waals surface area contributed by atoms with Crippen LogP contribution in [0, 0.1) is 12.3 Å². The van der Waals surface area contributed by atoms with Gasteiger partial charge in [-0.25, -0.2) is 4.98 Å². The number of benzene rings is 1. The number of pyridine rings is 2. The summed E-state index contributed by atoms with van der Waals surface area (Å²) >= 11 is 1.70. The predicted molar refractivity (Wildman–Crippen MR) is 108 cm³/mol. The quantitative estimate of drug-likeness (QED) is 0.418. The molecule has 4 rings (SSSR count).